The first kappa shape index (κ1) is 36.5. The Morgan fingerprint density at radius 1 is 1.12 bits per heavy atom. The van der Waals surface area contributed by atoms with E-state index in [1.54, 1.807) is 30.3 Å². The van der Waals surface area contributed by atoms with Crippen molar-refractivity contribution in [1.29, 1.82) is 0 Å². The van der Waals surface area contributed by atoms with Crippen molar-refractivity contribution in [1.82, 2.24) is 14.7 Å². The van der Waals surface area contributed by atoms with Crippen molar-refractivity contribution >= 4 is 28.8 Å². The number of allylic oxidation sites excluding steroid dienone is 1. The van der Waals surface area contributed by atoms with Crippen LogP contribution in [0.3, 0.4) is 0 Å². The first-order valence-corrected chi connectivity index (χ1v) is 14.6. The van der Waals surface area contributed by atoms with Crippen molar-refractivity contribution in [2.45, 2.75) is 18.7 Å². The average Bonchev–Trinajstić information content (AvgIpc) is 3.42. The van der Waals surface area contributed by atoms with Gasteiger partial charge in [0.15, 0.2) is 5.84 Å². The molecule has 1 fully saturated rings. The van der Waals surface area contributed by atoms with E-state index in [0.29, 0.717) is 49.1 Å². The van der Waals surface area contributed by atoms with Crippen LogP contribution in [0.5, 0.6) is 5.75 Å². The lowest BCUT2D eigenvalue weighted by atomic mass is 10.0. The summed E-state index contributed by atoms with van der Waals surface area (Å²) in [7, 11) is 1.44. The molecule has 49 heavy (non-hydrogen) atoms. The van der Waals surface area contributed by atoms with E-state index in [1.807, 2.05) is 4.90 Å². The Morgan fingerprint density at radius 2 is 1.78 bits per heavy atom. The lowest BCUT2D eigenvalue weighted by molar-refractivity contribution is -0.406. The number of aliphatic imine (C=N–C) groups is 1. The van der Waals surface area contributed by atoms with Gasteiger partial charge in [0.05, 0.1) is 43.1 Å². The molecule has 3 aromatic rings. The van der Waals surface area contributed by atoms with Crippen LogP contribution in [0.2, 0.25) is 0 Å². The summed E-state index contributed by atoms with van der Waals surface area (Å²) in [5, 5.41) is 69.3. The zero-order valence-corrected chi connectivity index (χ0v) is 26.4. The van der Waals surface area contributed by atoms with Crippen molar-refractivity contribution in [2.75, 3.05) is 48.9 Å². The second-order valence-electron chi connectivity index (χ2n) is 10.4. The highest BCUT2D eigenvalue weighted by atomic mass is 16.6. The van der Waals surface area contributed by atoms with E-state index in [0.717, 1.165) is 17.0 Å². The summed E-state index contributed by atoms with van der Waals surface area (Å²) < 4.78 is 11.8. The zero-order chi connectivity index (χ0) is 35.9. The molecule has 1 aliphatic rings. The molecule has 1 aliphatic heterocycles. The molecule has 0 atom stereocenters. The number of carbonyl (C=O) groups is 1. The minimum absolute atomic E-state index is 0.0896. The zero-order valence-electron chi connectivity index (χ0n) is 26.4. The molecule has 4 rings (SSSR count). The number of ether oxygens (including phenoxy) is 2. The number of rotatable bonds is 13. The third-order valence-corrected chi connectivity index (χ3v) is 7.26. The van der Waals surface area contributed by atoms with Gasteiger partial charge < -0.3 is 61.4 Å². The molecule has 18 heteroatoms. The lowest BCUT2D eigenvalue weighted by Crippen LogP contribution is -2.58. The maximum atomic E-state index is 13.9. The lowest BCUT2D eigenvalue weighted by Gasteiger charge is -2.36. The number of anilines is 3. The Bertz CT molecular complexity index is 1770. The van der Waals surface area contributed by atoms with Gasteiger partial charge in [-0.15, -0.1) is 4.90 Å². The number of nitrogens with two attached hydrogens (primary N) is 1. The summed E-state index contributed by atoms with van der Waals surface area (Å²) >= 11 is 0. The number of aromatic nitrogens is 2. The van der Waals surface area contributed by atoms with Crippen LogP contribution in [-0.2, 0) is 15.4 Å². The first-order valence-electron chi connectivity index (χ1n) is 14.6. The maximum Gasteiger partial charge on any atom is 0.283 e. The van der Waals surface area contributed by atoms with Crippen LogP contribution < -0.4 is 31.6 Å². The molecule has 0 spiro atoms. The minimum Gasteiger partial charge on any atom is -0.494 e. The second-order valence-corrected chi connectivity index (χ2v) is 10.4. The number of nitrogens with zero attached hydrogens (tertiary/aromatic N) is 4. The van der Waals surface area contributed by atoms with Crippen LogP contribution in [-0.4, -0.2) is 103 Å². The largest absolute Gasteiger partial charge is 0.494 e. The topological polar surface area (TPSA) is 264 Å². The Hall–Kier alpha value is -5.31. The van der Waals surface area contributed by atoms with Gasteiger partial charge in [-0.25, -0.2) is 9.67 Å². The van der Waals surface area contributed by atoms with Crippen LogP contribution >= 0.6 is 0 Å². The number of nitrogens with one attached hydrogen (secondary N) is 3. The van der Waals surface area contributed by atoms with Crippen LogP contribution in [0.1, 0.15) is 5.56 Å². The van der Waals surface area contributed by atoms with Crippen LogP contribution in [0.15, 0.2) is 89.6 Å². The Balaban J connectivity index is 1.82. The minimum atomic E-state index is -3.67. The predicted molar refractivity (Wildman–Crippen MR) is 179 cm³/mol. The normalized spacial score (nSPS) is 14.2. The van der Waals surface area contributed by atoms with Gasteiger partial charge in [0.1, 0.15) is 17.1 Å². The first-order chi connectivity index (χ1) is 23.3. The fourth-order valence-corrected chi connectivity index (χ4v) is 5.05. The molecule has 262 valence electrons. The molecular formula is C31H38N8O10. The summed E-state index contributed by atoms with van der Waals surface area (Å²) in [5.41, 5.74) is 4.86. The highest BCUT2D eigenvalue weighted by molar-refractivity contribution is 6.02. The molecule has 0 radical (unpaired) electrons. The monoisotopic (exact) mass is 682 g/mol. The predicted octanol–water partition coefficient (Wildman–Crippen LogP) is -0.951. The van der Waals surface area contributed by atoms with E-state index >= 15 is 0 Å². The fourth-order valence-electron chi connectivity index (χ4n) is 5.05. The molecule has 18 nitrogen and oxygen atoms in total. The third-order valence-electron chi connectivity index (χ3n) is 7.26. The van der Waals surface area contributed by atoms with E-state index in [9.17, 15) is 40.2 Å². The smallest absolute Gasteiger partial charge is 0.283 e. The number of aliphatic hydroxyl groups excluding tert-OH is 2. The summed E-state index contributed by atoms with van der Waals surface area (Å²) in [6.07, 6.45) is -2.35. The third kappa shape index (κ3) is 8.05. The van der Waals surface area contributed by atoms with E-state index in [4.69, 9.17) is 15.2 Å². The molecule has 1 saturated heterocycles. The van der Waals surface area contributed by atoms with Crippen molar-refractivity contribution in [3.8, 4) is 17.0 Å². The standard InChI is InChI=1S/C31H38N8O10/c1-4-25(40)35-20-16-21(23(48-3)17-22(20)37-12-14-49-15-13-37)33-18(2)34-24(10-11-32)39-28(41)26(27(36-39)19-8-6-5-7-9-19)31(46,47)38(29(42)43)30(44)45/h4-11,16-17,29-30,33,36,42-47H,1-2,12-15,32H2,3H3,(H,35,40)/b11-10-,34-24?. The van der Waals surface area contributed by atoms with Gasteiger partial charge in [-0.1, -0.05) is 43.5 Å². The van der Waals surface area contributed by atoms with Crippen LogP contribution in [0.25, 0.3) is 11.3 Å². The van der Waals surface area contributed by atoms with Crippen molar-refractivity contribution in [3.63, 3.8) is 0 Å². The Morgan fingerprint density at radius 3 is 2.35 bits per heavy atom. The number of morpholine rings is 1. The number of aliphatic hydroxyl groups is 6. The highest BCUT2D eigenvalue weighted by Gasteiger charge is 2.47. The molecule has 2 aromatic carbocycles. The molecule has 1 aromatic heterocycles. The second kappa shape index (κ2) is 15.7. The summed E-state index contributed by atoms with van der Waals surface area (Å²) in [6.45, 7) is 9.51. The summed E-state index contributed by atoms with van der Waals surface area (Å²) in [4.78, 5) is 32.2. The number of amides is 1. The SMILES string of the molecule is C=CC(=O)Nc1cc(NC(=C)N=C(/C=C\N)n2[nH]c(-c3ccccc3)c(C(O)(O)N(C(O)O)C(O)O)c2=O)c(OC)cc1N1CCOCC1. The van der Waals surface area contributed by atoms with Gasteiger partial charge in [-0.05, 0) is 24.4 Å². The number of benzene rings is 2. The van der Waals surface area contributed by atoms with Crippen LogP contribution in [0, 0.1) is 0 Å². The van der Waals surface area contributed by atoms with Crippen molar-refractivity contribution < 1.29 is 44.9 Å². The van der Waals surface area contributed by atoms with Gasteiger partial charge in [-0.3, -0.25) is 14.7 Å². The van der Waals surface area contributed by atoms with E-state index in [1.165, 1.54) is 25.3 Å². The van der Waals surface area contributed by atoms with E-state index < -0.39 is 35.8 Å². The number of hydrogen-bond donors (Lipinski definition) is 10. The molecule has 0 bridgehead atoms. The molecule has 11 N–H and O–H groups in total. The van der Waals surface area contributed by atoms with Gasteiger partial charge in [0.2, 0.25) is 18.7 Å². The molecule has 1 amide bonds. The summed E-state index contributed by atoms with van der Waals surface area (Å²) in [5.74, 6) is -4.13. The molecule has 0 unspecified atom stereocenters. The molecular weight excluding hydrogens is 644 g/mol. The summed E-state index contributed by atoms with van der Waals surface area (Å²) in [6, 6.07) is 11.1. The maximum absolute atomic E-state index is 13.9. The van der Waals surface area contributed by atoms with Crippen LogP contribution in [0.4, 0.5) is 17.1 Å². The number of hydrogen-bond acceptors (Lipinski definition) is 15. The quantitative estimate of drug-likeness (QED) is 0.0451. The molecule has 0 aliphatic carbocycles. The Labute approximate surface area is 279 Å². The average molecular weight is 683 g/mol. The van der Waals surface area contributed by atoms with Crippen molar-refractivity contribution in [3.05, 3.63) is 95.7 Å². The molecule has 2 heterocycles. The van der Waals surface area contributed by atoms with Gasteiger partial charge >= 0.3 is 0 Å². The molecule has 0 saturated carbocycles. The van der Waals surface area contributed by atoms with E-state index in [-0.39, 0.29) is 27.8 Å². The van der Waals surface area contributed by atoms with E-state index in [2.05, 4.69) is 33.9 Å². The number of carbonyl (C=O) groups excluding carboxylic acids is 1. The van der Waals surface area contributed by atoms with Gasteiger partial charge in [0, 0.05) is 24.7 Å². The number of H-pyrrole nitrogens is 1. The number of methoxy groups -OCH3 is 1. The van der Waals surface area contributed by atoms with Gasteiger partial charge in [-0.2, -0.15) is 0 Å². The Kier molecular flexibility index (Phi) is 11.7. The fraction of sp³-hybridized carbons (Fsp3) is 0.258. The van der Waals surface area contributed by atoms with Crippen molar-refractivity contribution in [2.24, 2.45) is 10.7 Å². The van der Waals surface area contributed by atoms with Gasteiger partial charge in [0.25, 0.3) is 11.5 Å². The highest BCUT2D eigenvalue weighted by Crippen LogP contribution is 2.38. The number of aromatic amines is 1.